The Balaban J connectivity index is 1.59. The lowest BCUT2D eigenvalue weighted by Crippen LogP contribution is -2.24. The number of nitro benzene ring substituents is 2. The fraction of sp³-hybridized carbons (Fsp3) is 0.273. The number of nitrogens with zero attached hydrogens (tertiary/aromatic N) is 6. The summed E-state index contributed by atoms with van der Waals surface area (Å²) >= 11 is 0. The Morgan fingerprint density at radius 1 is 0.944 bits per heavy atom. The molecule has 1 heterocycles. The van der Waals surface area contributed by atoms with Gasteiger partial charge in [0.2, 0.25) is 23.6 Å². The molecule has 186 valence electrons. The third-order valence-corrected chi connectivity index (χ3v) is 5.48. The van der Waals surface area contributed by atoms with Crippen molar-refractivity contribution in [1.29, 1.82) is 0 Å². The van der Waals surface area contributed by atoms with Crippen LogP contribution in [0.1, 0.15) is 37.7 Å². The maximum absolute atomic E-state index is 11.2. The molecule has 14 nitrogen and oxygen atoms in total. The number of phenolic OH excluding ortho intramolecular Hbond substituents is 1. The minimum atomic E-state index is -0.913. The van der Waals surface area contributed by atoms with Crippen LogP contribution >= 0.6 is 0 Å². The predicted octanol–water partition coefficient (Wildman–Crippen LogP) is 4.33. The number of non-ortho nitro benzene ring substituents is 1. The van der Waals surface area contributed by atoms with Crippen molar-refractivity contribution in [1.82, 2.24) is 15.0 Å². The Morgan fingerprint density at radius 2 is 1.64 bits per heavy atom. The van der Waals surface area contributed by atoms with Gasteiger partial charge < -0.3 is 15.7 Å². The normalized spacial score (nSPS) is 13.9. The molecule has 0 radical (unpaired) electrons. The van der Waals surface area contributed by atoms with Crippen LogP contribution in [0.5, 0.6) is 5.75 Å². The highest BCUT2D eigenvalue weighted by molar-refractivity contribution is 5.87. The first kappa shape index (κ1) is 24.3. The molecule has 1 aromatic heterocycles. The van der Waals surface area contributed by atoms with Gasteiger partial charge in [0, 0.05) is 17.8 Å². The number of aromatic hydroxyl groups is 1. The van der Waals surface area contributed by atoms with Crippen molar-refractivity contribution in [3.8, 4) is 5.75 Å². The summed E-state index contributed by atoms with van der Waals surface area (Å²) in [6.07, 6.45) is 6.44. The lowest BCUT2D eigenvalue weighted by molar-refractivity contribution is -0.394. The van der Waals surface area contributed by atoms with Gasteiger partial charge in [-0.1, -0.05) is 37.5 Å². The number of aromatic nitrogens is 3. The molecule has 14 heteroatoms. The van der Waals surface area contributed by atoms with Crippen molar-refractivity contribution in [3.05, 3.63) is 68.3 Å². The van der Waals surface area contributed by atoms with Crippen LogP contribution in [-0.2, 0) is 0 Å². The minimum Gasteiger partial charge on any atom is -0.502 e. The Bertz CT molecular complexity index is 1280. The monoisotopic (exact) mass is 493 g/mol. The van der Waals surface area contributed by atoms with E-state index in [0.717, 1.165) is 43.7 Å². The van der Waals surface area contributed by atoms with Crippen molar-refractivity contribution in [2.75, 3.05) is 16.1 Å². The largest absolute Gasteiger partial charge is 0.502 e. The van der Waals surface area contributed by atoms with E-state index in [4.69, 9.17) is 0 Å². The molecule has 0 atom stereocenters. The number of hydrogen-bond acceptors (Lipinski definition) is 12. The first-order valence-corrected chi connectivity index (χ1v) is 11.2. The molecule has 3 aromatic rings. The number of hydrazone groups is 1. The van der Waals surface area contributed by atoms with Gasteiger partial charge in [-0.25, -0.2) is 5.43 Å². The third kappa shape index (κ3) is 6.16. The van der Waals surface area contributed by atoms with Crippen molar-refractivity contribution >= 4 is 41.1 Å². The standard InChI is InChI=1S/C22H23N9O5/c32-19-14(11-17(30(33)34)12-18(19)31(35)36)13-23-29-22-27-20(24-15-7-3-1-4-8-15)26-21(28-22)25-16-9-5-2-6-10-16/h1,3-4,7-8,11-13,16,32H,2,5-6,9-10H2,(H3,24,25,26,27,28,29). The second-order valence-electron chi connectivity index (χ2n) is 8.06. The van der Waals surface area contributed by atoms with E-state index < -0.39 is 27.0 Å². The molecule has 1 aliphatic rings. The van der Waals surface area contributed by atoms with E-state index in [2.05, 4.69) is 36.1 Å². The second kappa shape index (κ2) is 11.0. The summed E-state index contributed by atoms with van der Waals surface area (Å²) < 4.78 is 0. The van der Waals surface area contributed by atoms with Gasteiger partial charge in [0.25, 0.3) is 5.69 Å². The van der Waals surface area contributed by atoms with Crippen LogP contribution in [0.4, 0.5) is 34.9 Å². The lowest BCUT2D eigenvalue weighted by atomic mass is 9.96. The molecule has 0 unspecified atom stereocenters. The summed E-state index contributed by atoms with van der Waals surface area (Å²) in [6, 6.07) is 11.2. The SMILES string of the molecule is O=[N+]([O-])c1cc(C=NNc2nc(Nc3ccccc3)nc(NC3CCCCC3)n2)c(O)c([N+](=O)[O-])c1. The molecule has 4 rings (SSSR count). The number of rotatable bonds is 9. The van der Waals surface area contributed by atoms with Crippen LogP contribution in [-0.4, -0.2) is 42.2 Å². The molecule has 0 saturated heterocycles. The molecule has 1 saturated carbocycles. The zero-order chi connectivity index (χ0) is 25.5. The van der Waals surface area contributed by atoms with E-state index in [-0.39, 0.29) is 23.5 Å². The summed E-state index contributed by atoms with van der Waals surface area (Å²) in [6.45, 7) is 0. The van der Waals surface area contributed by atoms with E-state index in [1.807, 2.05) is 30.3 Å². The van der Waals surface area contributed by atoms with Crippen LogP contribution < -0.4 is 16.1 Å². The van der Waals surface area contributed by atoms with Gasteiger partial charge in [-0.05, 0) is 25.0 Å². The zero-order valence-corrected chi connectivity index (χ0v) is 19.0. The topological polar surface area (TPSA) is 194 Å². The van der Waals surface area contributed by atoms with E-state index in [0.29, 0.717) is 12.0 Å². The summed E-state index contributed by atoms with van der Waals surface area (Å²) in [5.74, 6) is -0.113. The molecule has 4 N–H and O–H groups in total. The van der Waals surface area contributed by atoms with Crippen molar-refractivity contribution in [3.63, 3.8) is 0 Å². The molecular formula is C22H23N9O5. The molecule has 0 aliphatic heterocycles. The van der Waals surface area contributed by atoms with Crippen molar-refractivity contribution in [2.45, 2.75) is 38.1 Å². The average molecular weight is 493 g/mol. The fourth-order valence-electron chi connectivity index (χ4n) is 3.75. The predicted molar refractivity (Wildman–Crippen MR) is 133 cm³/mol. The van der Waals surface area contributed by atoms with Gasteiger partial charge in [-0.15, -0.1) is 0 Å². The number of nitrogens with one attached hydrogen (secondary N) is 3. The molecule has 2 aromatic carbocycles. The summed E-state index contributed by atoms with van der Waals surface area (Å²) in [7, 11) is 0. The fourth-order valence-corrected chi connectivity index (χ4v) is 3.75. The number of hydrogen-bond donors (Lipinski definition) is 4. The Hall–Kier alpha value is -4.88. The van der Waals surface area contributed by atoms with E-state index >= 15 is 0 Å². The maximum Gasteiger partial charge on any atom is 0.318 e. The number of nitro groups is 2. The minimum absolute atomic E-state index is 0.0532. The number of para-hydroxylation sites is 1. The van der Waals surface area contributed by atoms with E-state index in [1.54, 1.807) is 0 Å². The highest BCUT2D eigenvalue weighted by atomic mass is 16.6. The van der Waals surface area contributed by atoms with Crippen LogP contribution in [0.15, 0.2) is 47.6 Å². The van der Waals surface area contributed by atoms with Crippen LogP contribution in [0, 0.1) is 20.2 Å². The van der Waals surface area contributed by atoms with Crippen molar-refractivity contribution < 1.29 is 15.0 Å². The van der Waals surface area contributed by atoms with Gasteiger partial charge in [-0.3, -0.25) is 20.2 Å². The Labute approximate surface area is 204 Å². The molecule has 0 amide bonds. The first-order chi connectivity index (χ1) is 17.4. The van der Waals surface area contributed by atoms with Gasteiger partial charge in [0.15, 0.2) is 0 Å². The molecule has 0 bridgehead atoms. The third-order valence-electron chi connectivity index (χ3n) is 5.48. The number of anilines is 4. The smallest absolute Gasteiger partial charge is 0.318 e. The maximum atomic E-state index is 11.2. The molecule has 1 fully saturated rings. The Morgan fingerprint density at radius 3 is 2.33 bits per heavy atom. The highest BCUT2D eigenvalue weighted by Gasteiger charge is 2.23. The quantitative estimate of drug-likeness (QED) is 0.188. The molecular weight excluding hydrogens is 470 g/mol. The second-order valence-corrected chi connectivity index (χ2v) is 8.06. The first-order valence-electron chi connectivity index (χ1n) is 11.2. The lowest BCUT2D eigenvalue weighted by Gasteiger charge is -2.22. The summed E-state index contributed by atoms with van der Waals surface area (Å²) in [5.41, 5.74) is 1.77. The number of benzene rings is 2. The molecule has 1 aliphatic carbocycles. The Kier molecular flexibility index (Phi) is 7.43. The molecule has 36 heavy (non-hydrogen) atoms. The van der Waals surface area contributed by atoms with Crippen LogP contribution in [0.25, 0.3) is 0 Å². The van der Waals surface area contributed by atoms with E-state index in [9.17, 15) is 25.3 Å². The van der Waals surface area contributed by atoms with Crippen LogP contribution in [0.3, 0.4) is 0 Å². The van der Waals surface area contributed by atoms with Gasteiger partial charge >= 0.3 is 5.69 Å². The number of phenols is 1. The summed E-state index contributed by atoms with van der Waals surface area (Å²) in [5, 5.41) is 42.8. The van der Waals surface area contributed by atoms with E-state index in [1.165, 1.54) is 6.42 Å². The summed E-state index contributed by atoms with van der Waals surface area (Å²) in [4.78, 5) is 33.6. The zero-order valence-electron chi connectivity index (χ0n) is 19.0. The van der Waals surface area contributed by atoms with Gasteiger partial charge in [0.05, 0.1) is 27.7 Å². The molecule has 0 spiro atoms. The highest BCUT2D eigenvalue weighted by Crippen LogP contribution is 2.33. The van der Waals surface area contributed by atoms with Crippen LogP contribution in [0.2, 0.25) is 0 Å². The average Bonchev–Trinajstić information content (AvgIpc) is 2.86. The van der Waals surface area contributed by atoms with Gasteiger partial charge in [-0.2, -0.15) is 20.1 Å². The van der Waals surface area contributed by atoms with Crippen molar-refractivity contribution in [2.24, 2.45) is 5.10 Å². The van der Waals surface area contributed by atoms with Gasteiger partial charge in [0.1, 0.15) is 0 Å².